The molecule has 4 heteroatoms. The topological polar surface area (TPSA) is 66.4 Å². The van der Waals surface area contributed by atoms with Crippen molar-refractivity contribution in [3.63, 3.8) is 0 Å². The van der Waals surface area contributed by atoms with Crippen LogP contribution in [0.4, 0.5) is 5.69 Å². The number of rotatable bonds is 3. The number of carbonyl (C=O) groups excluding carboxylic acids is 1. The molecule has 1 saturated carbocycles. The van der Waals surface area contributed by atoms with Crippen LogP contribution in [0.1, 0.15) is 41.6 Å². The number of benzene rings is 1. The van der Waals surface area contributed by atoms with Crippen LogP contribution in [-0.4, -0.2) is 17.0 Å². The molecule has 1 aliphatic rings. The van der Waals surface area contributed by atoms with Crippen molar-refractivity contribution in [2.45, 2.75) is 25.7 Å². The third-order valence-electron chi connectivity index (χ3n) is 2.63. The average molecular weight is 219 g/mol. The van der Waals surface area contributed by atoms with Gasteiger partial charge in [-0.25, -0.2) is 4.79 Å². The van der Waals surface area contributed by atoms with E-state index in [1.54, 1.807) is 12.1 Å². The molecule has 0 aliphatic heterocycles. The summed E-state index contributed by atoms with van der Waals surface area (Å²) in [6.45, 7) is 1.45. The monoisotopic (exact) mass is 219 g/mol. The summed E-state index contributed by atoms with van der Waals surface area (Å²) in [6.07, 6.45) is 2.13. The number of hydrogen-bond acceptors (Lipinski definition) is 2. The van der Waals surface area contributed by atoms with Crippen molar-refractivity contribution in [3.8, 4) is 0 Å². The molecule has 0 radical (unpaired) electrons. The summed E-state index contributed by atoms with van der Waals surface area (Å²) in [5, 5.41) is 11.6. The van der Waals surface area contributed by atoms with Gasteiger partial charge >= 0.3 is 5.97 Å². The molecule has 0 atom stereocenters. The minimum atomic E-state index is -0.934. The second-order valence-electron chi connectivity index (χ2n) is 4.06. The molecule has 0 aromatic heterocycles. The molecule has 84 valence electrons. The Balaban J connectivity index is 2.37. The van der Waals surface area contributed by atoms with Crippen LogP contribution in [0, 0.1) is 0 Å². The molecule has 16 heavy (non-hydrogen) atoms. The van der Waals surface area contributed by atoms with Crippen molar-refractivity contribution in [2.75, 3.05) is 5.32 Å². The molecular weight excluding hydrogens is 206 g/mol. The molecule has 0 saturated heterocycles. The van der Waals surface area contributed by atoms with Crippen LogP contribution >= 0.6 is 0 Å². The average Bonchev–Trinajstić information content (AvgIpc) is 3.00. The lowest BCUT2D eigenvalue weighted by molar-refractivity contribution is -0.114. The van der Waals surface area contributed by atoms with E-state index in [9.17, 15) is 9.59 Å². The summed E-state index contributed by atoms with van der Waals surface area (Å²) in [4.78, 5) is 21.8. The van der Waals surface area contributed by atoms with Gasteiger partial charge in [0.1, 0.15) is 0 Å². The third-order valence-corrected chi connectivity index (χ3v) is 2.63. The fraction of sp³-hybridized carbons (Fsp3) is 0.333. The molecule has 1 aliphatic carbocycles. The maximum absolute atomic E-state index is 11.0. The van der Waals surface area contributed by atoms with Gasteiger partial charge in [-0.05, 0) is 42.5 Å². The molecule has 1 aromatic rings. The Kier molecular flexibility index (Phi) is 2.64. The van der Waals surface area contributed by atoms with Gasteiger partial charge in [0.05, 0.1) is 5.56 Å². The van der Waals surface area contributed by atoms with Gasteiger partial charge in [-0.3, -0.25) is 4.79 Å². The molecule has 1 amide bonds. The predicted octanol–water partition coefficient (Wildman–Crippen LogP) is 2.22. The van der Waals surface area contributed by atoms with Gasteiger partial charge < -0.3 is 10.4 Å². The number of hydrogen-bond donors (Lipinski definition) is 2. The Labute approximate surface area is 93.3 Å². The molecular formula is C12H13NO3. The highest BCUT2D eigenvalue weighted by Crippen LogP contribution is 2.43. The van der Waals surface area contributed by atoms with Crippen LogP contribution < -0.4 is 5.32 Å². The predicted molar refractivity (Wildman–Crippen MR) is 59.7 cm³/mol. The Morgan fingerprint density at radius 1 is 1.38 bits per heavy atom. The molecule has 2 rings (SSSR count). The first-order chi connectivity index (χ1) is 7.58. The number of carboxylic acid groups (broad SMARTS) is 1. The van der Waals surface area contributed by atoms with Crippen molar-refractivity contribution in [1.29, 1.82) is 0 Å². The van der Waals surface area contributed by atoms with Gasteiger partial charge in [-0.1, -0.05) is 0 Å². The van der Waals surface area contributed by atoms with Crippen LogP contribution in [0.3, 0.4) is 0 Å². The molecule has 1 fully saturated rings. The van der Waals surface area contributed by atoms with Crippen molar-refractivity contribution < 1.29 is 14.7 Å². The lowest BCUT2D eigenvalue weighted by Crippen LogP contribution is -2.09. The van der Waals surface area contributed by atoms with Crippen molar-refractivity contribution in [3.05, 3.63) is 29.3 Å². The maximum atomic E-state index is 11.0. The minimum Gasteiger partial charge on any atom is -0.478 e. The van der Waals surface area contributed by atoms with Gasteiger partial charge in [-0.15, -0.1) is 0 Å². The van der Waals surface area contributed by atoms with E-state index in [0.717, 1.165) is 24.1 Å². The first-order valence-corrected chi connectivity index (χ1v) is 5.23. The largest absolute Gasteiger partial charge is 0.478 e. The second kappa shape index (κ2) is 3.96. The van der Waals surface area contributed by atoms with Crippen LogP contribution in [0.2, 0.25) is 0 Å². The summed E-state index contributed by atoms with van der Waals surface area (Å²) in [5.41, 5.74) is 1.95. The maximum Gasteiger partial charge on any atom is 0.335 e. The van der Waals surface area contributed by atoms with Crippen LogP contribution in [-0.2, 0) is 4.79 Å². The van der Waals surface area contributed by atoms with Gasteiger partial charge in [0.15, 0.2) is 0 Å². The van der Waals surface area contributed by atoms with Crippen molar-refractivity contribution in [2.24, 2.45) is 0 Å². The van der Waals surface area contributed by atoms with Crippen LogP contribution in [0.15, 0.2) is 18.2 Å². The first-order valence-electron chi connectivity index (χ1n) is 5.23. The van der Waals surface area contributed by atoms with E-state index in [-0.39, 0.29) is 11.5 Å². The lowest BCUT2D eigenvalue weighted by Gasteiger charge is -2.09. The smallest absolute Gasteiger partial charge is 0.335 e. The van der Waals surface area contributed by atoms with Gasteiger partial charge in [0.2, 0.25) is 5.91 Å². The fourth-order valence-corrected chi connectivity index (χ4v) is 1.73. The summed E-state index contributed by atoms with van der Waals surface area (Å²) in [6, 6.07) is 4.84. The van der Waals surface area contributed by atoms with E-state index in [2.05, 4.69) is 5.32 Å². The zero-order valence-electron chi connectivity index (χ0n) is 8.99. The number of carboxylic acids is 1. The molecule has 2 N–H and O–H groups in total. The summed E-state index contributed by atoms with van der Waals surface area (Å²) in [7, 11) is 0. The summed E-state index contributed by atoms with van der Waals surface area (Å²) >= 11 is 0. The first kappa shape index (κ1) is 10.7. The van der Waals surface area contributed by atoms with E-state index >= 15 is 0 Å². The molecule has 4 nitrogen and oxygen atoms in total. The molecule has 0 spiro atoms. The Morgan fingerprint density at radius 2 is 2.06 bits per heavy atom. The van der Waals surface area contributed by atoms with E-state index in [1.165, 1.54) is 13.0 Å². The highest BCUT2D eigenvalue weighted by molar-refractivity contribution is 5.92. The Bertz CT molecular complexity index is 450. The van der Waals surface area contributed by atoms with Gasteiger partial charge in [0.25, 0.3) is 0 Å². The molecule has 1 aromatic carbocycles. The number of amides is 1. The molecule has 0 bridgehead atoms. The third kappa shape index (κ3) is 2.21. The van der Waals surface area contributed by atoms with Gasteiger partial charge in [-0.2, -0.15) is 0 Å². The normalized spacial score (nSPS) is 14.6. The van der Waals surface area contributed by atoms with Crippen molar-refractivity contribution >= 4 is 17.6 Å². The minimum absolute atomic E-state index is 0.134. The zero-order chi connectivity index (χ0) is 11.7. The highest BCUT2D eigenvalue weighted by atomic mass is 16.4. The van der Waals surface area contributed by atoms with E-state index in [4.69, 9.17) is 5.11 Å². The standard InChI is InChI=1S/C12H13NO3/c1-7(14)13-11-5-4-9(12(15)16)6-10(11)8-2-3-8/h4-6,8H,2-3H2,1H3,(H,13,14)(H,15,16). The van der Waals surface area contributed by atoms with E-state index in [0.29, 0.717) is 5.92 Å². The number of aromatic carboxylic acids is 1. The van der Waals surface area contributed by atoms with Gasteiger partial charge in [0, 0.05) is 12.6 Å². The Hall–Kier alpha value is -1.84. The van der Waals surface area contributed by atoms with E-state index < -0.39 is 5.97 Å². The number of carbonyl (C=O) groups is 2. The summed E-state index contributed by atoms with van der Waals surface area (Å²) in [5.74, 6) is -0.664. The Morgan fingerprint density at radius 3 is 2.56 bits per heavy atom. The lowest BCUT2D eigenvalue weighted by atomic mass is 10.0. The SMILES string of the molecule is CC(=O)Nc1ccc(C(=O)O)cc1C1CC1. The van der Waals surface area contributed by atoms with Crippen LogP contribution in [0.25, 0.3) is 0 Å². The van der Waals surface area contributed by atoms with Crippen LogP contribution in [0.5, 0.6) is 0 Å². The highest BCUT2D eigenvalue weighted by Gasteiger charge is 2.27. The fourth-order valence-electron chi connectivity index (χ4n) is 1.73. The molecule has 0 heterocycles. The van der Waals surface area contributed by atoms with E-state index in [1.807, 2.05) is 0 Å². The molecule has 0 unspecified atom stereocenters. The second-order valence-corrected chi connectivity index (χ2v) is 4.06. The van der Waals surface area contributed by atoms with Crippen molar-refractivity contribution in [1.82, 2.24) is 0 Å². The quantitative estimate of drug-likeness (QED) is 0.819. The number of anilines is 1. The zero-order valence-corrected chi connectivity index (χ0v) is 8.99. The number of nitrogens with one attached hydrogen (secondary N) is 1. The summed E-state index contributed by atoms with van der Waals surface area (Å²) < 4.78 is 0.